The number of Topliss-reactive ketones (excluding diaryl/α,β-unsaturated/α-hetero) is 1. The Labute approximate surface area is 154 Å². The lowest BCUT2D eigenvalue weighted by molar-refractivity contribution is 0.0989. The van der Waals surface area contributed by atoms with Gasteiger partial charge < -0.3 is 4.74 Å². The first kappa shape index (κ1) is 18.4. The Kier molecular flexibility index (Phi) is 4.51. The molecule has 2 aromatic rings. The zero-order chi connectivity index (χ0) is 19.1. The van der Waals surface area contributed by atoms with Crippen molar-refractivity contribution >= 4 is 11.9 Å². The summed E-state index contributed by atoms with van der Waals surface area (Å²) < 4.78 is 20.2. The van der Waals surface area contributed by atoms with Crippen LogP contribution in [-0.4, -0.2) is 11.4 Å². The summed E-state index contributed by atoms with van der Waals surface area (Å²) in [7, 11) is 0. The normalized spacial score (nSPS) is 15.3. The minimum atomic E-state index is -0.536. The first-order valence-corrected chi connectivity index (χ1v) is 8.90. The van der Waals surface area contributed by atoms with Gasteiger partial charge in [-0.15, -0.1) is 0 Å². The van der Waals surface area contributed by atoms with E-state index < -0.39 is 11.4 Å². The SMILES string of the molecule is CC1(C)C=Cc2cc(C(=O)Cc3ccc(C(C)(C)C)cc3)c([18F])cc2O1. The summed E-state index contributed by atoms with van der Waals surface area (Å²) in [4.78, 5) is 12.6. The van der Waals surface area contributed by atoms with Gasteiger partial charge in [-0.3, -0.25) is 4.79 Å². The fourth-order valence-corrected chi connectivity index (χ4v) is 3.02. The highest BCUT2D eigenvalue weighted by Gasteiger charge is 2.24. The van der Waals surface area contributed by atoms with Gasteiger partial charge in [0.25, 0.3) is 0 Å². The second-order valence-corrected chi connectivity index (χ2v) is 8.46. The summed E-state index contributed by atoms with van der Waals surface area (Å²) in [6.45, 7) is 10.3. The standard InChI is InChI=1S/C23H25FO2/c1-22(2,3)17-8-6-15(7-9-17)12-20(25)18-13-16-10-11-23(4,5)26-21(16)14-19(18)24/h6-11,13-14H,12H2,1-5H3/i24-1. The first-order valence-electron chi connectivity index (χ1n) is 8.90. The number of halogens is 1. The second-order valence-electron chi connectivity index (χ2n) is 8.46. The molecule has 0 aromatic heterocycles. The molecule has 0 bridgehead atoms. The van der Waals surface area contributed by atoms with Crippen LogP contribution in [0.2, 0.25) is 0 Å². The number of ketones is 1. The van der Waals surface area contributed by atoms with Crippen molar-refractivity contribution in [2.45, 2.75) is 52.1 Å². The molecular formula is C23H25FO2. The molecule has 0 saturated carbocycles. The Balaban J connectivity index is 1.83. The van der Waals surface area contributed by atoms with Crippen LogP contribution in [0.5, 0.6) is 5.75 Å². The average Bonchev–Trinajstić information content (AvgIpc) is 2.53. The molecule has 3 heteroatoms. The molecular weight excluding hydrogens is 326 g/mol. The van der Waals surface area contributed by atoms with Crippen molar-refractivity contribution in [1.29, 1.82) is 0 Å². The van der Waals surface area contributed by atoms with E-state index >= 15 is 0 Å². The maximum absolute atomic E-state index is 14.5. The fourth-order valence-electron chi connectivity index (χ4n) is 3.02. The topological polar surface area (TPSA) is 26.3 Å². The number of ether oxygens (including phenoxy) is 1. The first-order chi connectivity index (χ1) is 12.0. The quantitative estimate of drug-likeness (QED) is 0.660. The number of rotatable bonds is 3. The van der Waals surface area contributed by atoms with Crippen molar-refractivity contribution in [3.63, 3.8) is 0 Å². The molecule has 0 aliphatic carbocycles. The van der Waals surface area contributed by atoms with E-state index in [9.17, 15) is 9.18 Å². The molecule has 0 radical (unpaired) electrons. The van der Waals surface area contributed by atoms with Gasteiger partial charge in [-0.25, -0.2) is 4.39 Å². The molecule has 2 aromatic carbocycles. The van der Waals surface area contributed by atoms with Gasteiger partial charge in [0, 0.05) is 18.1 Å². The number of carbonyl (C=O) groups is 1. The van der Waals surface area contributed by atoms with Crippen molar-refractivity contribution in [1.82, 2.24) is 0 Å². The van der Waals surface area contributed by atoms with Crippen LogP contribution in [0.1, 0.15) is 61.7 Å². The van der Waals surface area contributed by atoms with Crippen LogP contribution in [0.15, 0.2) is 42.5 Å². The molecule has 0 fully saturated rings. The van der Waals surface area contributed by atoms with Crippen LogP contribution in [0.3, 0.4) is 0 Å². The van der Waals surface area contributed by atoms with Crippen LogP contribution < -0.4 is 4.74 Å². The van der Waals surface area contributed by atoms with E-state index in [-0.39, 0.29) is 23.2 Å². The van der Waals surface area contributed by atoms with Crippen LogP contribution in [0.4, 0.5) is 4.39 Å². The van der Waals surface area contributed by atoms with Gasteiger partial charge in [0.05, 0.1) is 5.56 Å². The molecule has 3 rings (SSSR count). The summed E-state index contributed by atoms with van der Waals surface area (Å²) in [6, 6.07) is 10.9. The maximum atomic E-state index is 14.5. The van der Waals surface area contributed by atoms with Crippen molar-refractivity contribution in [2.75, 3.05) is 0 Å². The smallest absolute Gasteiger partial charge is 0.170 e. The molecule has 0 N–H and O–H groups in total. The fraction of sp³-hybridized carbons (Fsp3) is 0.348. The van der Waals surface area contributed by atoms with E-state index in [1.165, 1.54) is 11.6 Å². The third-order valence-corrected chi connectivity index (χ3v) is 4.62. The predicted molar refractivity (Wildman–Crippen MR) is 103 cm³/mol. The lowest BCUT2D eigenvalue weighted by atomic mass is 9.86. The van der Waals surface area contributed by atoms with E-state index in [0.29, 0.717) is 5.75 Å². The predicted octanol–water partition coefficient (Wildman–Crippen LogP) is 5.73. The minimum Gasteiger partial charge on any atom is -0.483 e. The molecule has 26 heavy (non-hydrogen) atoms. The number of hydrogen-bond donors (Lipinski definition) is 0. The molecule has 136 valence electrons. The van der Waals surface area contributed by atoms with Crippen LogP contribution in [0, 0.1) is 5.82 Å². The van der Waals surface area contributed by atoms with Crippen molar-refractivity contribution in [2.24, 2.45) is 0 Å². The Morgan fingerprint density at radius 3 is 2.38 bits per heavy atom. The zero-order valence-electron chi connectivity index (χ0n) is 16.0. The van der Waals surface area contributed by atoms with Gasteiger partial charge in [-0.05, 0) is 42.5 Å². The largest absolute Gasteiger partial charge is 0.483 e. The van der Waals surface area contributed by atoms with E-state index in [0.717, 1.165) is 11.1 Å². The Morgan fingerprint density at radius 2 is 1.77 bits per heavy atom. The highest BCUT2D eigenvalue weighted by Crippen LogP contribution is 2.33. The molecule has 2 nitrogen and oxygen atoms in total. The summed E-state index contributed by atoms with van der Waals surface area (Å²) in [6.07, 6.45) is 3.97. The molecule has 1 aliphatic rings. The molecule has 1 heterocycles. The second kappa shape index (κ2) is 6.39. The third kappa shape index (κ3) is 3.87. The monoisotopic (exact) mass is 351 g/mol. The van der Waals surface area contributed by atoms with Gasteiger partial charge in [0.1, 0.15) is 17.2 Å². The summed E-state index contributed by atoms with van der Waals surface area (Å²) in [5, 5.41) is 0. The minimum absolute atomic E-state index is 0.0627. The Morgan fingerprint density at radius 1 is 1.12 bits per heavy atom. The van der Waals surface area contributed by atoms with Crippen LogP contribution >= 0.6 is 0 Å². The number of fused-ring (bicyclic) bond motifs is 1. The third-order valence-electron chi connectivity index (χ3n) is 4.62. The van der Waals surface area contributed by atoms with E-state index in [1.54, 1.807) is 6.07 Å². The molecule has 0 atom stereocenters. The van der Waals surface area contributed by atoms with Crippen molar-refractivity contribution < 1.29 is 13.9 Å². The molecule has 0 spiro atoms. The Hall–Kier alpha value is -2.42. The van der Waals surface area contributed by atoms with Gasteiger partial charge >= 0.3 is 0 Å². The number of benzene rings is 2. The highest BCUT2D eigenvalue weighted by molar-refractivity contribution is 5.98. The highest BCUT2D eigenvalue weighted by atomic mass is 18.2. The molecule has 0 amide bonds. The lowest BCUT2D eigenvalue weighted by Crippen LogP contribution is -2.27. The van der Waals surface area contributed by atoms with Gasteiger partial charge in [0.2, 0.25) is 0 Å². The lowest BCUT2D eigenvalue weighted by Gasteiger charge is -2.28. The van der Waals surface area contributed by atoms with Gasteiger partial charge in [-0.2, -0.15) is 0 Å². The molecule has 1 aliphatic heterocycles. The zero-order valence-corrected chi connectivity index (χ0v) is 16.0. The van der Waals surface area contributed by atoms with Crippen LogP contribution in [0.25, 0.3) is 6.08 Å². The van der Waals surface area contributed by atoms with E-state index in [2.05, 4.69) is 20.8 Å². The van der Waals surface area contributed by atoms with Crippen molar-refractivity contribution in [3.05, 3.63) is 70.5 Å². The maximum Gasteiger partial charge on any atom is 0.170 e. The Bertz CT molecular complexity index is 868. The molecule has 0 saturated heterocycles. The van der Waals surface area contributed by atoms with Gasteiger partial charge in [-0.1, -0.05) is 51.1 Å². The van der Waals surface area contributed by atoms with Gasteiger partial charge in [0.15, 0.2) is 5.78 Å². The molecule has 0 unspecified atom stereocenters. The summed E-state index contributed by atoms with van der Waals surface area (Å²) in [5.74, 6) is -0.292. The summed E-state index contributed by atoms with van der Waals surface area (Å²) in [5.41, 5.74) is 2.52. The van der Waals surface area contributed by atoms with Crippen LogP contribution in [-0.2, 0) is 11.8 Å². The van der Waals surface area contributed by atoms with E-state index in [4.69, 9.17) is 4.74 Å². The number of hydrogen-bond acceptors (Lipinski definition) is 2. The van der Waals surface area contributed by atoms with Crippen molar-refractivity contribution in [3.8, 4) is 5.75 Å². The number of carbonyl (C=O) groups excluding carboxylic acids is 1. The average molecular weight is 351 g/mol. The van der Waals surface area contributed by atoms with E-state index in [1.807, 2.05) is 50.3 Å². The summed E-state index contributed by atoms with van der Waals surface area (Å²) >= 11 is 0.